The number of anilines is 1. The maximum atomic E-state index is 13.6. The normalized spacial score (nSPS) is 10.4. The van der Waals surface area contributed by atoms with Crippen LogP contribution in [0, 0.1) is 5.82 Å². The Morgan fingerprint density at radius 3 is 2.81 bits per heavy atom. The van der Waals surface area contributed by atoms with E-state index < -0.39 is 0 Å². The lowest BCUT2D eigenvalue weighted by Gasteiger charge is -2.05. The van der Waals surface area contributed by atoms with Crippen LogP contribution >= 0.6 is 0 Å². The molecule has 5 heteroatoms. The van der Waals surface area contributed by atoms with Gasteiger partial charge in [-0.2, -0.15) is 5.10 Å². The number of hydrogen-bond acceptors (Lipinski definition) is 3. The van der Waals surface area contributed by atoms with Crippen molar-refractivity contribution in [2.45, 2.75) is 6.54 Å². The third-order valence-corrected chi connectivity index (χ3v) is 2.25. The smallest absolute Gasteiger partial charge is 0.145 e. The Morgan fingerprint density at radius 1 is 1.44 bits per heavy atom. The summed E-state index contributed by atoms with van der Waals surface area (Å²) in [6, 6.07) is 6.40. The summed E-state index contributed by atoms with van der Waals surface area (Å²) in [7, 11) is 1.50. The quantitative estimate of drug-likeness (QED) is 0.857. The van der Waals surface area contributed by atoms with Gasteiger partial charge >= 0.3 is 0 Å². The number of nitrogens with zero attached hydrogens (tertiary/aromatic N) is 2. The molecule has 4 nitrogen and oxygen atoms in total. The second-order valence-electron chi connectivity index (χ2n) is 3.40. The number of benzene rings is 1. The number of nitrogen functional groups attached to an aromatic ring is 1. The molecule has 0 spiro atoms. The van der Waals surface area contributed by atoms with Crippen LogP contribution in [0.25, 0.3) is 0 Å². The van der Waals surface area contributed by atoms with Gasteiger partial charge in [0.1, 0.15) is 17.4 Å². The molecule has 2 N–H and O–H groups in total. The summed E-state index contributed by atoms with van der Waals surface area (Å²) in [5.74, 6) is 0.614. The molecule has 0 bridgehead atoms. The molecule has 0 aliphatic heterocycles. The fourth-order valence-corrected chi connectivity index (χ4v) is 1.42. The number of methoxy groups -OCH3 is 1. The van der Waals surface area contributed by atoms with Gasteiger partial charge in [-0.15, -0.1) is 0 Å². The zero-order chi connectivity index (χ0) is 11.5. The lowest BCUT2D eigenvalue weighted by molar-refractivity contribution is 0.410. The van der Waals surface area contributed by atoms with Crippen molar-refractivity contribution in [1.29, 1.82) is 0 Å². The Bertz CT molecular complexity index is 496. The fourth-order valence-electron chi connectivity index (χ4n) is 1.42. The van der Waals surface area contributed by atoms with Crippen LogP contribution in [0.2, 0.25) is 0 Å². The largest absolute Gasteiger partial charge is 0.497 e. The average molecular weight is 221 g/mol. The molecular formula is C11H12FN3O. The molecule has 0 unspecified atom stereocenters. The highest BCUT2D eigenvalue weighted by molar-refractivity contribution is 5.29. The zero-order valence-corrected chi connectivity index (χ0v) is 8.85. The van der Waals surface area contributed by atoms with E-state index in [2.05, 4.69) is 5.10 Å². The van der Waals surface area contributed by atoms with Gasteiger partial charge in [0.15, 0.2) is 0 Å². The summed E-state index contributed by atoms with van der Waals surface area (Å²) in [4.78, 5) is 0. The zero-order valence-electron chi connectivity index (χ0n) is 8.85. The highest BCUT2D eigenvalue weighted by atomic mass is 19.1. The molecular weight excluding hydrogens is 209 g/mol. The van der Waals surface area contributed by atoms with Crippen molar-refractivity contribution in [3.05, 3.63) is 41.8 Å². The molecule has 16 heavy (non-hydrogen) atoms. The Kier molecular flexibility index (Phi) is 2.76. The molecule has 1 aromatic heterocycles. The van der Waals surface area contributed by atoms with Gasteiger partial charge in [0.05, 0.1) is 13.7 Å². The van der Waals surface area contributed by atoms with Gasteiger partial charge in [-0.05, 0) is 12.1 Å². The molecule has 0 aliphatic carbocycles. The first-order valence-electron chi connectivity index (χ1n) is 4.80. The van der Waals surface area contributed by atoms with E-state index in [0.29, 0.717) is 23.7 Å². The van der Waals surface area contributed by atoms with Crippen LogP contribution in [-0.2, 0) is 6.54 Å². The second-order valence-corrected chi connectivity index (χ2v) is 3.40. The third kappa shape index (κ3) is 2.13. The lowest BCUT2D eigenvalue weighted by atomic mass is 10.2. The van der Waals surface area contributed by atoms with E-state index in [4.69, 9.17) is 10.5 Å². The van der Waals surface area contributed by atoms with Crippen LogP contribution in [0.3, 0.4) is 0 Å². The minimum Gasteiger partial charge on any atom is -0.497 e. The van der Waals surface area contributed by atoms with Crippen LogP contribution < -0.4 is 10.5 Å². The van der Waals surface area contributed by atoms with E-state index in [-0.39, 0.29) is 5.82 Å². The summed E-state index contributed by atoms with van der Waals surface area (Å²) in [6.45, 7) is 0.354. The first kappa shape index (κ1) is 10.5. The van der Waals surface area contributed by atoms with Gasteiger partial charge in [-0.1, -0.05) is 6.07 Å². The minimum atomic E-state index is -0.312. The maximum Gasteiger partial charge on any atom is 0.145 e. The molecule has 0 aliphatic rings. The first-order valence-corrected chi connectivity index (χ1v) is 4.80. The minimum absolute atomic E-state index is 0.312. The van der Waals surface area contributed by atoms with E-state index in [0.717, 1.165) is 0 Å². The topological polar surface area (TPSA) is 53.1 Å². The Hall–Kier alpha value is -2.04. The van der Waals surface area contributed by atoms with Crippen LogP contribution in [0.5, 0.6) is 5.75 Å². The molecule has 0 saturated heterocycles. The van der Waals surface area contributed by atoms with Crippen molar-refractivity contribution >= 4 is 5.82 Å². The highest BCUT2D eigenvalue weighted by Gasteiger charge is 2.05. The summed E-state index contributed by atoms with van der Waals surface area (Å²) >= 11 is 0. The highest BCUT2D eigenvalue weighted by Crippen LogP contribution is 2.17. The van der Waals surface area contributed by atoms with Crippen molar-refractivity contribution in [2.75, 3.05) is 12.8 Å². The standard InChI is InChI=1S/C11H12FN3O/c1-16-9-3-2-8(10(12)6-9)7-15-5-4-11(13)14-15/h2-6H,7H2,1H3,(H2,13,14). The summed E-state index contributed by atoms with van der Waals surface area (Å²) in [6.07, 6.45) is 1.71. The predicted octanol–water partition coefficient (Wildman–Crippen LogP) is 1.66. The van der Waals surface area contributed by atoms with Gasteiger partial charge in [0.25, 0.3) is 0 Å². The SMILES string of the molecule is COc1ccc(Cn2ccc(N)n2)c(F)c1. The maximum absolute atomic E-state index is 13.6. The molecule has 0 fully saturated rings. The number of halogens is 1. The second kappa shape index (κ2) is 4.22. The fraction of sp³-hybridized carbons (Fsp3) is 0.182. The van der Waals surface area contributed by atoms with Gasteiger partial charge in [0, 0.05) is 17.8 Å². The van der Waals surface area contributed by atoms with Crippen LogP contribution in [0.15, 0.2) is 30.5 Å². The van der Waals surface area contributed by atoms with E-state index in [1.165, 1.54) is 13.2 Å². The molecule has 0 amide bonds. The monoisotopic (exact) mass is 221 g/mol. The number of hydrogen-bond donors (Lipinski definition) is 1. The summed E-state index contributed by atoms with van der Waals surface area (Å²) in [5, 5.41) is 3.99. The van der Waals surface area contributed by atoms with Crippen LogP contribution in [-0.4, -0.2) is 16.9 Å². The number of aromatic nitrogens is 2. The number of rotatable bonds is 3. The number of nitrogens with two attached hydrogens (primary N) is 1. The average Bonchev–Trinajstić information content (AvgIpc) is 2.67. The van der Waals surface area contributed by atoms with Crippen molar-refractivity contribution < 1.29 is 9.13 Å². The van der Waals surface area contributed by atoms with Gasteiger partial charge < -0.3 is 10.5 Å². The molecule has 84 valence electrons. The van der Waals surface area contributed by atoms with Crippen molar-refractivity contribution in [3.8, 4) is 5.75 Å². The molecule has 1 aromatic carbocycles. The Labute approximate surface area is 92.4 Å². The Balaban J connectivity index is 2.21. The van der Waals surface area contributed by atoms with E-state index in [1.807, 2.05) is 0 Å². The number of ether oxygens (including phenoxy) is 1. The van der Waals surface area contributed by atoms with E-state index in [1.54, 1.807) is 29.1 Å². The van der Waals surface area contributed by atoms with Gasteiger partial charge in [0.2, 0.25) is 0 Å². The van der Waals surface area contributed by atoms with Gasteiger partial charge in [-0.25, -0.2) is 4.39 Å². The van der Waals surface area contributed by atoms with Gasteiger partial charge in [-0.3, -0.25) is 4.68 Å². The molecule has 0 radical (unpaired) electrons. The Morgan fingerprint density at radius 2 is 2.25 bits per heavy atom. The third-order valence-electron chi connectivity index (χ3n) is 2.25. The first-order chi connectivity index (χ1) is 7.69. The molecule has 1 heterocycles. The molecule has 2 rings (SSSR count). The van der Waals surface area contributed by atoms with Crippen molar-refractivity contribution in [3.63, 3.8) is 0 Å². The van der Waals surface area contributed by atoms with Crippen molar-refractivity contribution in [2.24, 2.45) is 0 Å². The summed E-state index contributed by atoms with van der Waals surface area (Å²) in [5.41, 5.74) is 6.02. The lowest BCUT2D eigenvalue weighted by Crippen LogP contribution is -2.03. The van der Waals surface area contributed by atoms with E-state index >= 15 is 0 Å². The molecule has 0 saturated carbocycles. The van der Waals surface area contributed by atoms with Crippen LogP contribution in [0.4, 0.5) is 10.2 Å². The summed E-state index contributed by atoms with van der Waals surface area (Å²) < 4.78 is 20.1. The van der Waals surface area contributed by atoms with E-state index in [9.17, 15) is 4.39 Å². The molecule has 2 aromatic rings. The molecule has 0 atom stereocenters. The van der Waals surface area contributed by atoms with Crippen molar-refractivity contribution in [1.82, 2.24) is 9.78 Å². The van der Waals surface area contributed by atoms with Crippen LogP contribution in [0.1, 0.15) is 5.56 Å². The predicted molar refractivity (Wildman–Crippen MR) is 58.7 cm³/mol.